The lowest BCUT2D eigenvalue weighted by atomic mass is 9.90. The van der Waals surface area contributed by atoms with Crippen LogP contribution in [0.4, 0.5) is 11.4 Å². The molecule has 2 amide bonds. The van der Waals surface area contributed by atoms with Crippen LogP contribution >= 0.6 is 11.6 Å². The zero-order valence-corrected chi connectivity index (χ0v) is 20.7. The number of nitrogens with zero attached hydrogens (tertiary/aromatic N) is 2. The van der Waals surface area contributed by atoms with Gasteiger partial charge < -0.3 is 4.74 Å². The van der Waals surface area contributed by atoms with Crippen molar-refractivity contribution in [3.8, 4) is 5.75 Å². The average Bonchev–Trinajstić information content (AvgIpc) is 3.45. The first-order chi connectivity index (χ1) is 18.5. The van der Waals surface area contributed by atoms with Gasteiger partial charge in [-0.05, 0) is 60.2 Å². The number of amides is 2. The molecule has 38 heavy (non-hydrogen) atoms. The topological polar surface area (TPSA) is 76.2 Å². The quantitative estimate of drug-likeness (QED) is 0.192. The van der Waals surface area contributed by atoms with E-state index in [-0.39, 0.29) is 5.91 Å². The second kappa shape index (κ2) is 9.78. The number of benzene rings is 4. The molecule has 2 fully saturated rings. The molecule has 2 saturated heterocycles. The maximum Gasteiger partial charge on any atom is 0.343 e. The Morgan fingerprint density at radius 1 is 0.763 bits per heavy atom. The van der Waals surface area contributed by atoms with Gasteiger partial charge in [-0.25, -0.2) is 14.8 Å². The van der Waals surface area contributed by atoms with Crippen LogP contribution in [0.2, 0.25) is 5.02 Å². The maximum atomic E-state index is 13.7. The molecule has 2 heterocycles. The van der Waals surface area contributed by atoms with E-state index in [2.05, 4.69) is 0 Å². The second-order valence-corrected chi connectivity index (χ2v) is 9.41. The lowest BCUT2D eigenvalue weighted by Crippen LogP contribution is -2.37. The lowest BCUT2D eigenvalue weighted by molar-refractivity contribution is -0.126. The Balaban J connectivity index is 1.33. The summed E-state index contributed by atoms with van der Waals surface area (Å²) in [5.74, 6) is -1.72. The first kappa shape index (κ1) is 23.9. The monoisotopic (exact) mass is 524 g/mol. The van der Waals surface area contributed by atoms with Gasteiger partial charge in [0.15, 0.2) is 6.10 Å². The zero-order valence-electron chi connectivity index (χ0n) is 19.9. The Kier molecular flexibility index (Phi) is 6.15. The number of esters is 1. The molecule has 0 N–H and O–H groups in total. The molecule has 0 bridgehead atoms. The molecule has 0 unspecified atom stereocenters. The molecule has 2 aliphatic heterocycles. The van der Waals surface area contributed by atoms with Crippen molar-refractivity contribution < 1.29 is 24.0 Å². The SMILES string of the molecule is O=C(Oc1ccc([C@@H]2[C@H]3C(=O)N(c4cccc(Cl)c4)C(=O)[C@@H]3ON2c2ccccc2)cc1)c1ccccc1. The minimum absolute atomic E-state index is 0.360. The Labute approximate surface area is 223 Å². The number of carbonyl (C=O) groups excluding carboxylic acids is 3. The summed E-state index contributed by atoms with van der Waals surface area (Å²) >= 11 is 6.13. The Morgan fingerprint density at radius 3 is 2.11 bits per heavy atom. The van der Waals surface area contributed by atoms with Crippen molar-refractivity contribution in [1.82, 2.24) is 0 Å². The highest BCUT2D eigenvalue weighted by Gasteiger charge is 2.60. The summed E-state index contributed by atoms with van der Waals surface area (Å²) < 4.78 is 5.51. The summed E-state index contributed by atoms with van der Waals surface area (Å²) in [6, 6.07) is 30.9. The summed E-state index contributed by atoms with van der Waals surface area (Å²) in [4.78, 5) is 46.9. The van der Waals surface area contributed by atoms with Gasteiger partial charge in [0.25, 0.3) is 5.91 Å². The molecule has 0 spiro atoms. The minimum atomic E-state index is -0.998. The van der Waals surface area contributed by atoms with Gasteiger partial charge in [0.05, 0.1) is 23.0 Å². The van der Waals surface area contributed by atoms with E-state index in [9.17, 15) is 14.4 Å². The molecule has 0 saturated carbocycles. The van der Waals surface area contributed by atoms with E-state index in [0.717, 1.165) is 10.5 Å². The van der Waals surface area contributed by atoms with Gasteiger partial charge in [-0.2, -0.15) is 0 Å². The van der Waals surface area contributed by atoms with E-state index in [0.29, 0.717) is 27.7 Å². The van der Waals surface area contributed by atoms with E-state index in [1.807, 2.05) is 36.4 Å². The number of imide groups is 1. The highest BCUT2D eigenvalue weighted by Crippen LogP contribution is 2.47. The molecule has 2 aliphatic rings. The molecule has 0 radical (unpaired) electrons. The van der Waals surface area contributed by atoms with Crippen molar-refractivity contribution in [2.24, 2.45) is 5.92 Å². The van der Waals surface area contributed by atoms with Crippen LogP contribution in [0.5, 0.6) is 5.75 Å². The van der Waals surface area contributed by atoms with Gasteiger partial charge in [-0.3, -0.25) is 14.4 Å². The normalized spacial score (nSPS) is 20.5. The molecule has 7 nitrogen and oxygen atoms in total. The van der Waals surface area contributed by atoms with E-state index >= 15 is 0 Å². The number of rotatable bonds is 5. The third kappa shape index (κ3) is 4.22. The average molecular weight is 525 g/mol. The van der Waals surface area contributed by atoms with Crippen molar-refractivity contribution in [3.05, 3.63) is 125 Å². The van der Waals surface area contributed by atoms with Crippen LogP contribution in [0.25, 0.3) is 0 Å². The van der Waals surface area contributed by atoms with Gasteiger partial charge in [-0.1, -0.05) is 66.2 Å². The zero-order chi connectivity index (χ0) is 26.2. The summed E-state index contributed by atoms with van der Waals surface area (Å²) in [5, 5.41) is 2.04. The molecule has 4 aromatic rings. The summed E-state index contributed by atoms with van der Waals surface area (Å²) in [6.07, 6.45) is -0.998. The number of hydroxylamine groups is 1. The highest BCUT2D eigenvalue weighted by molar-refractivity contribution is 6.31. The number of hydrogen-bond acceptors (Lipinski definition) is 6. The van der Waals surface area contributed by atoms with Gasteiger partial charge in [0.2, 0.25) is 5.91 Å². The van der Waals surface area contributed by atoms with Crippen molar-refractivity contribution in [1.29, 1.82) is 0 Å². The fourth-order valence-electron chi connectivity index (χ4n) is 4.90. The number of ether oxygens (including phenoxy) is 1. The van der Waals surface area contributed by atoms with Crippen LogP contribution in [-0.2, 0) is 14.4 Å². The Hall–Kier alpha value is -4.46. The lowest BCUT2D eigenvalue weighted by Gasteiger charge is -2.28. The number of hydrogen-bond donors (Lipinski definition) is 0. The highest BCUT2D eigenvalue weighted by atomic mass is 35.5. The summed E-state index contributed by atoms with van der Waals surface area (Å²) in [5.41, 5.74) is 2.28. The largest absolute Gasteiger partial charge is 0.423 e. The van der Waals surface area contributed by atoms with Gasteiger partial charge in [-0.15, -0.1) is 0 Å². The van der Waals surface area contributed by atoms with Crippen LogP contribution in [0, 0.1) is 5.92 Å². The number of carbonyl (C=O) groups is 3. The fourth-order valence-corrected chi connectivity index (χ4v) is 5.08. The number of para-hydroxylation sites is 1. The number of anilines is 2. The molecule has 8 heteroatoms. The number of fused-ring (bicyclic) bond motifs is 1. The molecule has 188 valence electrons. The van der Waals surface area contributed by atoms with Gasteiger partial charge >= 0.3 is 5.97 Å². The third-order valence-electron chi connectivity index (χ3n) is 6.63. The minimum Gasteiger partial charge on any atom is -0.423 e. The van der Waals surface area contributed by atoms with Crippen molar-refractivity contribution in [2.75, 3.05) is 9.96 Å². The van der Waals surface area contributed by atoms with E-state index < -0.39 is 29.9 Å². The smallest absolute Gasteiger partial charge is 0.343 e. The molecule has 6 rings (SSSR count). The van der Waals surface area contributed by atoms with E-state index in [4.69, 9.17) is 21.2 Å². The Morgan fingerprint density at radius 2 is 1.42 bits per heavy atom. The van der Waals surface area contributed by atoms with E-state index in [1.165, 1.54) is 0 Å². The van der Waals surface area contributed by atoms with Crippen molar-refractivity contribution in [2.45, 2.75) is 12.1 Å². The molecule has 3 atom stereocenters. The molecule has 4 aromatic carbocycles. The first-order valence-electron chi connectivity index (χ1n) is 12.0. The van der Waals surface area contributed by atoms with Crippen LogP contribution in [0.3, 0.4) is 0 Å². The van der Waals surface area contributed by atoms with Gasteiger partial charge in [0.1, 0.15) is 11.7 Å². The van der Waals surface area contributed by atoms with E-state index in [1.54, 1.807) is 77.9 Å². The van der Waals surface area contributed by atoms with Crippen molar-refractivity contribution >= 4 is 40.8 Å². The standard InChI is InChI=1S/C30H21ClN2O5/c31-21-10-7-13-23(18-21)32-28(34)25-26(33(38-27(25)29(32)35)22-11-5-2-6-12-22)19-14-16-24(17-15-19)37-30(36)20-8-3-1-4-9-20/h1-18,25-27H/t25-,26-,27-/m1/s1. The molecular formula is C30H21ClN2O5. The molecule has 0 aliphatic carbocycles. The predicted molar refractivity (Wildman–Crippen MR) is 142 cm³/mol. The Bertz CT molecular complexity index is 1510. The number of halogens is 1. The van der Waals surface area contributed by atoms with Crippen LogP contribution < -0.4 is 14.7 Å². The predicted octanol–water partition coefficient (Wildman–Crippen LogP) is 5.61. The summed E-state index contributed by atoms with van der Waals surface area (Å²) in [7, 11) is 0. The molecular weight excluding hydrogens is 504 g/mol. The van der Waals surface area contributed by atoms with Crippen molar-refractivity contribution in [3.63, 3.8) is 0 Å². The fraction of sp³-hybridized carbons (Fsp3) is 0.100. The first-order valence-corrected chi connectivity index (χ1v) is 12.4. The van der Waals surface area contributed by atoms with Crippen LogP contribution in [-0.4, -0.2) is 23.9 Å². The van der Waals surface area contributed by atoms with Crippen LogP contribution in [0.1, 0.15) is 22.0 Å². The summed E-state index contributed by atoms with van der Waals surface area (Å²) in [6.45, 7) is 0. The second-order valence-electron chi connectivity index (χ2n) is 8.97. The molecule has 0 aromatic heterocycles. The third-order valence-corrected chi connectivity index (χ3v) is 6.87. The maximum absolute atomic E-state index is 13.7. The van der Waals surface area contributed by atoms with Gasteiger partial charge in [0, 0.05) is 5.02 Å². The van der Waals surface area contributed by atoms with Crippen LogP contribution in [0.15, 0.2) is 109 Å².